The van der Waals surface area contributed by atoms with Crippen molar-refractivity contribution in [3.8, 4) is 0 Å². The summed E-state index contributed by atoms with van der Waals surface area (Å²) in [5, 5.41) is 0.600. The number of nitrogens with two attached hydrogens (primary N) is 1. The molecule has 0 heterocycles. The lowest BCUT2D eigenvalue weighted by Crippen LogP contribution is -2.12. The van der Waals surface area contributed by atoms with Crippen LogP contribution >= 0.6 is 11.6 Å². The van der Waals surface area contributed by atoms with Crippen molar-refractivity contribution >= 4 is 23.1 Å². The monoisotopic (exact) mass is 244 g/mol. The lowest BCUT2D eigenvalue weighted by atomic mass is 10.1. The highest BCUT2D eigenvalue weighted by Gasteiger charge is 2.01. The van der Waals surface area contributed by atoms with Crippen molar-refractivity contribution in [1.82, 2.24) is 0 Å². The molecule has 0 aliphatic carbocycles. The first kappa shape index (κ1) is 11.7. The summed E-state index contributed by atoms with van der Waals surface area (Å²) in [6.45, 7) is 2.02. The fourth-order valence-electron chi connectivity index (χ4n) is 1.54. The summed E-state index contributed by atoms with van der Waals surface area (Å²) in [6.07, 6.45) is 0. The molecule has 86 valence electrons. The van der Waals surface area contributed by atoms with E-state index >= 15 is 0 Å². The predicted octanol–water partition coefficient (Wildman–Crippen LogP) is 3.69. The van der Waals surface area contributed by atoms with Crippen molar-refractivity contribution < 1.29 is 0 Å². The fourth-order valence-corrected chi connectivity index (χ4v) is 1.72. The Morgan fingerprint density at radius 2 is 1.88 bits per heavy atom. The maximum atomic E-state index is 6.02. The van der Waals surface area contributed by atoms with E-state index in [0.29, 0.717) is 16.5 Å². The van der Waals surface area contributed by atoms with E-state index in [1.807, 2.05) is 49.4 Å². The third-order valence-corrected chi connectivity index (χ3v) is 2.73. The zero-order valence-electron chi connectivity index (χ0n) is 9.52. The van der Waals surface area contributed by atoms with Crippen LogP contribution in [0, 0.1) is 6.92 Å². The van der Waals surface area contributed by atoms with Gasteiger partial charge in [0, 0.05) is 5.56 Å². The minimum atomic E-state index is 0.474. The highest BCUT2D eigenvalue weighted by Crippen LogP contribution is 2.24. The van der Waals surface area contributed by atoms with Crippen LogP contribution in [-0.2, 0) is 0 Å². The number of hydrogen-bond acceptors (Lipinski definition) is 1. The Kier molecular flexibility index (Phi) is 3.45. The summed E-state index contributed by atoms with van der Waals surface area (Å²) in [7, 11) is 0. The van der Waals surface area contributed by atoms with Crippen LogP contribution in [-0.4, -0.2) is 5.84 Å². The molecule has 0 radical (unpaired) electrons. The molecular weight excluding hydrogens is 232 g/mol. The molecule has 0 aliphatic rings. The van der Waals surface area contributed by atoms with Gasteiger partial charge in [-0.2, -0.15) is 0 Å². The minimum Gasteiger partial charge on any atom is -0.383 e. The third-order valence-electron chi connectivity index (χ3n) is 2.41. The number of amidine groups is 1. The molecular formula is C14H13ClN2. The maximum Gasteiger partial charge on any atom is 0.131 e. The van der Waals surface area contributed by atoms with Crippen molar-refractivity contribution in [2.45, 2.75) is 6.92 Å². The quantitative estimate of drug-likeness (QED) is 0.635. The van der Waals surface area contributed by atoms with Gasteiger partial charge in [0.1, 0.15) is 5.84 Å². The van der Waals surface area contributed by atoms with Crippen LogP contribution in [0.2, 0.25) is 5.02 Å². The first-order valence-electron chi connectivity index (χ1n) is 5.32. The summed E-state index contributed by atoms with van der Waals surface area (Å²) in [6, 6.07) is 15.3. The molecule has 0 fully saturated rings. The van der Waals surface area contributed by atoms with Gasteiger partial charge in [0.25, 0.3) is 0 Å². The molecule has 2 N–H and O–H groups in total. The second kappa shape index (κ2) is 5.02. The summed E-state index contributed by atoms with van der Waals surface area (Å²) in [5.41, 5.74) is 8.70. The molecule has 0 unspecified atom stereocenters. The number of rotatable bonds is 2. The smallest absolute Gasteiger partial charge is 0.131 e. The van der Waals surface area contributed by atoms with Crippen molar-refractivity contribution in [3.63, 3.8) is 0 Å². The van der Waals surface area contributed by atoms with Crippen molar-refractivity contribution in [2.75, 3.05) is 0 Å². The number of halogens is 1. The fraction of sp³-hybridized carbons (Fsp3) is 0.0714. The van der Waals surface area contributed by atoms with E-state index in [0.717, 1.165) is 11.1 Å². The normalized spacial score (nSPS) is 11.5. The molecule has 0 spiro atoms. The molecule has 2 aromatic rings. The summed E-state index contributed by atoms with van der Waals surface area (Å²) in [4.78, 5) is 4.33. The molecule has 0 aromatic heterocycles. The Labute approximate surface area is 106 Å². The maximum absolute atomic E-state index is 6.02. The van der Waals surface area contributed by atoms with Gasteiger partial charge in [-0.15, -0.1) is 0 Å². The van der Waals surface area contributed by atoms with Crippen LogP contribution in [0.25, 0.3) is 0 Å². The number of aliphatic imine (C=N–C) groups is 1. The molecule has 0 atom stereocenters. The van der Waals surface area contributed by atoms with E-state index in [1.54, 1.807) is 6.07 Å². The van der Waals surface area contributed by atoms with Gasteiger partial charge in [0.15, 0.2) is 0 Å². The predicted molar refractivity (Wildman–Crippen MR) is 73.0 cm³/mol. The van der Waals surface area contributed by atoms with Crippen LogP contribution in [0.5, 0.6) is 0 Å². The van der Waals surface area contributed by atoms with Crippen LogP contribution in [0.3, 0.4) is 0 Å². The highest BCUT2D eigenvalue weighted by molar-refractivity contribution is 6.33. The number of aryl methyl sites for hydroxylation is 1. The van der Waals surface area contributed by atoms with E-state index < -0.39 is 0 Å². The highest BCUT2D eigenvalue weighted by atomic mass is 35.5. The minimum absolute atomic E-state index is 0.474. The Morgan fingerprint density at radius 1 is 1.12 bits per heavy atom. The van der Waals surface area contributed by atoms with Gasteiger partial charge < -0.3 is 5.73 Å². The first-order chi connectivity index (χ1) is 8.16. The average molecular weight is 245 g/mol. The number of para-hydroxylation sites is 1. The summed E-state index contributed by atoms with van der Waals surface area (Å²) in [5.74, 6) is 0.474. The molecule has 0 saturated carbocycles. The largest absolute Gasteiger partial charge is 0.383 e. The zero-order valence-corrected chi connectivity index (χ0v) is 10.3. The first-order valence-corrected chi connectivity index (χ1v) is 5.70. The van der Waals surface area contributed by atoms with Crippen LogP contribution in [0.1, 0.15) is 11.1 Å². The van der Waals surface area contributed by atoms with Crippen molar-refractivity contribution in [2.24, 2.45) is 10.7 Å². The topological polar surface area (TPSA) is 38.4 Å². The van der Waals surface area contributed by atoms with Gasteiger partial charge in [0.2, 0.25) is 0 Å². The van der Waals surface area contributed by atoms with Gasteiger partial charge in [-0.25, -0.2) is 4.99 Å². The van der Waals surface area contributed by atoms with Crippen LogP contribution in [0.15, 0.2) is 53.5 Å². The Morgan fingerprint density at radius 3 is 2.59 bits per heavy atom. The van der Waals surface area contributed by atoms with Gasteiger partial charge >= 0.3 is 0 Å². The van der Waals surface area contributed by atoms with Crippen molar-refractivity contribution in [3.05, 3.63) is 64.7 Å². The number of hydrogen-bond donors (Lipinski definition) is 1. The Balaban J connectivity index is 2.38. The Bertz CT molecular complexity index is 562. The molecule has 0 amide bonds. The van der Waals surface area contributed by atoms with Gasteiger partial charge in [-0.1, -0.05) is 47.5 Å². The van der Waals surface area contributed by atoms with E-state index in [2.05, 4.69) is 4.99 Å². The van der Waals surface area contributed by atoms with E-state index in [4.69, 9.17) is 17.3 Å². The summed E-state index contributed by atoms with van der Waals surface area (Å²) >= 11 is 6.02. The third kappa shape index (κ3) is 2.86. The second-order valence-electron chi connectivity index (χ2n) is 3.82. The number of nitrogens with zero attached hydrogens (tertiary/aromatic N) is 1. The molecule has 0 aliphatic heterocycles. The van der Waals surface area contributed by atoms with Crippen LogP contribution in [0.4, 0.5) is 5.69 Å². The molecule has 3 heteroatoms. The van der Waals surface area contributed by atoms with E-state index in [-0.39, 0.29) is 0 Å². The molecule has 17 heavy (non-hydrogen) atoms. The SMILES string of the molecule is Cc1cccc(C(N)=Nc2ccccc2Cl)c1. The van der Waals surface area contributed by atoms with Gasteiger partial charge in [0.05, 0.1) is 10.7 Å². The second-order valence-corrected chi connectivity index (χ2v) is 4.23. The van der Waals surface area contributed by atoms with Crippen LogP contribution < -0.4 is 5.73 Å². The summed E-state index contributed by atoms with van der Waals surface area (Å²) < 4.78 is 0. The standard InChI is InChI=1S/C14H13ClN2/c1-10-5-4-6-11(9-10)14(16)17-13-8-3-2-7-12(13)15/h2-9H,1H3,(H2,16,17). The lowest BCUT2D eigenvalue weighted by Gasteiger charge is -2.03. The average Bonchev–Trinajstić information content (AvgIpc) is 2.32. The molecule has 2 aromatic carbocycles. The zero-order chi connectivity index (χ0) is 12.3. The molecule has 2 nitrogen and oxygen atoms in total. The van der Waals surface area contributed by atoms with Gasteiger partial charge in [-0.3, -0.25) is 0 Å². The molecule has 0 bridgehead atoms. The lowest BCUT2D eigenvalue weighted by molar-refractivity contribution is 1.41. The van der Waals surface area contributed by atoms with Gasteiger partial charge in [-0.05, 0) is 25.1 Å². The molecule has 0 saturated heterocycles. The van der Waals surface area contributed by atoms with Crippen molar-refractivity contribution in [1.29, 1.82) is 0 Å². The van der Waals surface area contributed by atoms with E-state index in [9.17, 15) is 0 Å². The van der Waals surface area contributed by atoms with E-state index in [1.165, 1.54) is 0 Å². The number of benzene rings is 2. The molecule has 2 rings (SSSR count). The Hall–Kier alpha value is -1.80.